The first-order valence-corrected chi connectivity index (χ1v) is 16.1. The number of hydrogen-bond donors (Lipinski definition) is 2. The van der Waals surface area contributed by atoms with E-state index in [1.54, 1.807) is 25.1 Å². The number of anilines is 3. The Morgan fingerprint density at radius 2 is 1.43 bits per heavy atom. The molecule has 4 aromatic rings. The van der Waals surface area contributed by atoms with Crippen molar-refractivity contribution < 1.29 is 39.5 Å². The second-order valence-corrected chi connectivity index (χ2v) is 13.1. The Kier molecular flexibility index (Phi) is 9.76. The van der Waals surface area contributed by atoms with Crippen molar-refractivity contribution in [2.75, 3.05) is 27.5 Å². The summed E-state index contributed by atoms with van der Waals surface area (Å²) >= 11 is 5.59. The highest BCUT2D eigenvalue weighted by Crippen LogP contribution is 2.36. The van der Waals surface area contributed by atoms with Crippen LogP contribution in [0.15, 0.2) is 107 Å². The van der Waals surface area contributed by atoms with E-state index in [-0.39, 0.29) is 26.9 Å². The zero-order valence-corrected chi connectivity index (χ0v) is 25.3. The van der Waals surface area contributed by atoms with Crippen molar-refractivity contribution >= 4 is 54.6 Å². The van der Waals surface area contributed by atoms with Crippen LogP contribution in [0, 0.1) is 0 Å². The molecule has 2 N–H and O–H groups in total. The molecule has 0 atom stereocenters. The predicted molar refractivity (Wildman–Crippen MR) is 161 cm³/mol. The lowest BCUT2D eigenvalue weighted by molar-refractivity contribution is -0.137. The first-order chi connectivity index (χ1) is 20.7. The van der Waals surface area contributed by atoms with E-state index in [9.17, 15) is 34.8 Å². The van der Waals surface area contributed by atoms with Crippen LogP contribution in [0.25, 0.3) is 0 Å². The van der Waals surface area contributed by atoms with Gasteiger partial charge in [-0.2, -0.15) is 13.2 Å². The first-order valence-electron chi connectivity index (χ1n) is 12.8. The normalized spacial score (nSPS) is 11.9. The summed E-state index contributed by atoms with van der Waals surface area (Å²) in [5.41, 5.74) is -1.17. The van der Waals surface area contributed by atoms with Gasteiger partial charge in [-0.25, -0.2) is 16.8 Å². The van der Waals surface area contributed by atoms with Crippen LogP contribution in [0.5, 0.6) is 5.75 Å². The minimum absolute atomic E-state index is 0.0669. The summed E-state index contributed by atoms with van der Waals surface area (Å²) in [7, 11) is -8.51. The number of halogens is 4. The van der Waals surface area contributed by atoms with Crippen LogP contribution in [-0.4, -0.2) is 35.9 Å². The van der Waals surface area contributed by atoms with E-state index >= 15 is 0 Å². The number of alkyl halides is 3. The molecule has 0 aliphatic carbocycles. The average Bonchev–Trinajstić information content (AvgIpc) is 2.97. The molecule has 0 aliphatic heterocycles. The Labute approximate surface area is 257 Å². The monoisotopic (exact) mass is 667 g/mol. The van der Waals surface area contributed by atoms with Crippen molar-refractivity contribution in [3.63, 3.8) is 0 Å². The lowest BCUT2D eigenvalue weighted by Gasteiger charge is -2.24. The van der Waals surface area contributed by atoms with Crippen molar-refractivity contribution in [3.8, 4) is 5.75 Å². The maximum atomic E-state index is 13.6. The fraction of sp³-hybridized carbons (Fsp3) is 0.138. The third-order valence-electron chi connectivity index (χ3n) is 6.03. The number of nitrogens with one attached hydrogen (secondary N) is 2. The molecule has 0 fully saturated rings. The van der Waals surface area contributed by atoms with E-state index in [0.29, 0.717) is 18.4 Å². The molecule has 0 spiro atoms. The van der Waals surface area contributed by atoms with E-state index < -0.39 is 49.3 Å². The number of amides is 1. The first kappa shape index (κ1) is 32.6. The van der Waals surface area contributed by atoms with Crippen molar-refractivity contribution in [1.82, 2.24) is 0 Å². The maximum absolute atomic E-state index is 13.6. The fourth-order valence-corrected chi connectivity index (χ4v) is 6.67. The predicted octanol–water partition coefficient (Wildman–Crippen LogP) is 6.39. The largest absolute Gasteiger partial charge is 0.494 e. The molecule has 0 bridgehead atoms. The number of sulfonamides is 2. The molecule has 232 valence electrons. The topological polar surface area (TPSA) is 122 Å². The van der Waals surface area contributed by atoms with E-state index in [4.69, 9.17) is 16.3 Å². The van der Waals surface area contributed by atoms with Crippen LogP contribution < -0.4 is 19.1 Å². The van der Waals surface area contributed by atoms with E-state index in [0.717, 1.165) is 28.6 Å². The molecule has 9 nitrogen and oxygen atoms in total. The number of ether oxygens (including phenoxy) is 1. The molecule has 4 rings (SSSR count). The van der Waals surface area contributed by atoms with Gasteiger partial charge in [-0.05, 0) is 85.8 Å². The Morgan fingerprint density at radius 3 is 2.02 bits per heavy atom. The van der Waals surface area contributed by atoms with Gasteiger partial charge >= 0.3 is 6.18 Å². The van der Waals surface area contributed by atoms with Crippen LogP contribution in [0.4, 0.5) is 30.2 Å². The Bertz CT molecular complexity index is 1840. The third kappa shape index (κ3) is 7.81. The van der Waals surface area contributed by atoms with Crippen LogP contribution in [0.3, 0.4) is 0 Å². The number of carbonyl (C=O) groups excluding carboxylic acids is 1. The summed E-state index contributed by atoms with van der Waals surface area (Å²) in [4.78, 5) is 12.6. The fourth-order valence-electron chi connectivity index (χ4n) is 3.98. The summed E-state index contributed by atoms with van der Waals surface area (Å²) < 4.78 is 101. The van der Waals surface area contributed by atoms with Gasteiger partial charge in [0.05, 0.1) is 32.7 Å². The smallest absolute Gasteiger partial charge is 0.417 e. The van der Waals surface area contributed by atoms with Gasteiger partial charge < -0.3 is 10.1 Å². The molecule has 0 heterocycles. The number of rotatable bonds is 11. The minimum atomic E-state index is -4.79. The Morgan fingerprint density at radius 1 is 0.841 bits per heavy atom. The SMILES string of the molecule is CCOc1ccc(S(=O)(=O)N(CC(=O)Nc2ccc(S(=O)(=O)Nc3ccc(Cl)c(C(F)(F)F)c3)cc2)c2ccccc2)cc1. The summed E-state index contributed by atoms with van der Waals surface area (Å²) in [6, 6.07) is 21.1. The van der Waals surface area contributed by atoms with Crippen molar-refractivity contribution in [1.29, 1.82) is 0 Å². The van der Waals surface area contributed by atoms with Crippen molar-refractivity contribution in [3.05, 3.63) is 108 Å². The zero-order valence-electron chi connectivity index (χ0n) is 22.9. The highest BCUT2D eigenvalue weighted by atomic mass is 35.5. The Hall–Kier alpha value is -4.27. The molecule has 0 saturated carbocycles. The molecule has 44 heavy (non-hydrogen) atoms. The molecule has 1 amide bonds. The summed E-state index contributed by atoms with van der Waals surface area (Å²) in [5.74, 6) is -0.242. The standard InChI is InChI=1S/C29H25ClF3N3O6S2/c1-2-42-23-11-15-25(16-12-23)44(40,41)36(22-6-4-3-5-7-22)19-28(37)34-20-8-13-24(14-9-20)43(38,39)35-21-10-17-27(30)26(18-21)29(31,32)33/h3-18,35H,2,19H2,1H3,(H,34,37). The molecule has 0 aliphatic rings. The van der Waals surface area contributed by atoms with Gasteiger partial charge in [0.2, 0.25) is 5.91 Å². The van der Waals surface area contributed by atoms with Crippen LogP contribution in [-0.2, 0) is 31.0 Å². The Balaban J connectivity index is 1.50. The minimum Gasteiger partial charge on any atom is -0.494 e. The van der Waals surface area contributed by atoms with Gasteiger partial charge in [0.1, 0.15) is 12.3 Å². The quantitative estimate of drug-likeness (QED) is 0.191. The lowest BCUT2D eigenvalue weighted by atomic mass is 10.2. The maximum Gasteiger partial charge on any atom is 0.417 e. The number of carbonyl (C=O) groups is 1. The number of benzene rings is 4. The van der Waals surface area contributed by atoms with Crippen LogP contribution in [0.1, 0.15) is 12.5 Å². The van der Waals surface area contributed by atoms with Gasteiger partial charge in [0, 0.05) is 11.4 Å². The van der Waals surface area contributed by atoms with Crippen molar-refractivity contribution in [2.45, 2.75) is 22.9 Å². The number of hydrogen-bond acceptors (Lipinski definition) is 6. The van der Waals surface area contributed by atoms with Gasteiger partial charge in [0.25, 0.3) is 20.0 Å². The highest BCUT2D eigenvalue weighted by molar-refractivity contribution is 7.93. The molecular weight excluding hydrogens is 643 g/mol. The second-order valence-electron chi connectivity index (χ2n) is 9.12. The second kappa shape index (κ2) is 13.2. The van der Waals surface area contributed by atoms with Gasteiger partial charge in [-0.3, -0.25) is 13.8 Å². The van der Waals surface area contributed by atoms with E-state index in [2.05, 4.69) is 10.0 Å². The number of para-hydroxylation sites is 1. The van der Waals surface area contributed by atoms with Crippen molar-refractivity contribution in [2.24, 2.45) is 0 Å². The molecule has 0 saturated heterocycles. The van der Waals surface area contributed by atoms with Gasteiger partial charge in [0.15, 0.2) is 0 Å². The molecule has 0 radical (unpaired) electrons. The van der Waals surface area contributed by atoms with Gasteiger partial charge in [-0.1, -0.05) is 29.8 Å². The van der Waals surface area contributed by atoms with E-state index in [1.807, 2.05) is 0 Å². The number of nitrogens with zero attached hydrogens (tertiary/aromatic N) is 1. The van der Waals surface area contributed by atoms with E-state index in [1.165, 1.54) is 48.5 Å². The zero-order chi connectivity index (χ0) is 32.1. The summed E-state index contributed by atoms with van der Waals surface area (Å²) in [6.07, 6.45) is -4.79. The molecule has 15 heteroatoms. The summed E-state index contributed by atoms with van der Waals surface area (Å²) in [6.45, 7) is 1.58. The highest BCUT2D eigenvalue weighted by Gasteiger charge is 2.34. The molecule has 0 aromatic heterocycles. The molecule has 0 unspecified atom stereocenters. The lowest BCUT2D eigenvalue weighted by Crippen LogP contribution is -2.38. The molecular formula is C29H25ClF3N3O6S2. The van der Waals surface area contributed by atoms with Crippen LogP contribution >= 0.6 is 11.6 Å². The average molecular weight is 668 g/mol. The molecule has 4 aromatic carbocycles. The third-order valence-corrected chi connectivity index (χ3v) is 9.54. The summed E-state index contributed by atoms with van der Waals surface area (Å²) in [5, 5.41) is 1.95. The van der Waals surface area contributed by atoms with Crippen LogP contribution in [0.2, 0.25) is 5.02 Å². The van der Waals surface area contributed by atoms with Gasteiger partial charge in [-0.15, -0.1) is 0 Å².